The van der Waals surface area contributed by atoms with E-state index in [0.29, 0.717) is 17.4 Å². The minimum atomic E-state index is -4.35. The van der Waals surface area contributed by atoms with Crippen LogP contribution in [-0.4, -0.2) is 73.4 Å². The van der Waals surface area contributed by atoms with Crippen molar-refractivity contribution in [3.63, 3.8) is 0 Å². The first-order valence-corrected chi connectivity index (χ1v) is 25.4. The van der Waals surface area contributed by atoms with Crippen LogP contribution in [0.15, 0.2) is 36.5 Å². The molecule has 0 aromatic carbocycles. The maximum atomic E-state index is 12.9. The van der Waals surface area contributed by atoms with Crippen molar-refractivity contribution < 1.29 is 32.9 Å². The largest absolute Gasteiger partial charge is 0.472 e. The minimum absolute atomic E-state index is 0.0547. The van der Waals surface area contributed by atoms with E-state index >= 15 is 0 Å². The van der Waals surface area contributed by atoms with Gasteiger partial charge < -0.3 is 19.8 Å². The predicted molar refractivity (Wildman–Crippen MR) is 244 cm³/mol. The summed E-state index contributed by atoms with van der Waals surface area (Å²) in [6, 6.07) is -0.866. The molecule has 0 aliphatic carbocycles. The lowest BCUT2D eigenvalue weighted by Gasteiger charge is -2.25. The molecule has 0 aliphatic heterocycles. The highest BCUT2D eigenvalue weighted by Gasteiger charge is 2.27. The monoisotopic (exact) mass is 826 g/mol. The van der Waals surface area contributed by atoms with Gasteiger partial charge >= 0.3 is 7.82 Å². The van der Waals surface area contributed by atoms with Crippen LogP contribution in [-0.2, 0) is 18.4 Å². The van der Waals surface area contributed by atoms with Gasteiger partial charge in [0.05, 0.1) is 39.9 Å². The Bertz CT molecular complexity index is 1030. The van der Waals surface area contributed by atoms with Gasteiger partial charge in [0.2, 0.25) is 5.91 Å². The molecule has 3 unspecified atom stereocenters. The van der Waals surface area contributed by atoms with Gasteiger partial charge in [-0.1, -0.05) is 185 Å². The number of carbonyl (C=O) groups is 1. The molecule has 0 fully saturated rings. The number of quaternary nitrogens is 1. The first kappa shape index (κ1) is 55.7. The van der Waals surface area contributed by atoms with Gasteiger partial charge in [-0.2, -0.15) is 0 Å². The average Bonchev–Trinajstić information content (AvgIpc) is 3.16. The smallest absolute Gasteiger partial charge is 0.387 e. The minimum Gasteiger partial charge on any atom is -0.387 e. The van der Waals surface area contributed by atoms with Gasteiger partial charge in [-0.25, -0.2) is 4.57 Å². The van der Waals surface area contributed by atoms with Gasteiger partial charge in [-0.15, -0.1) is 0 Å². The number of hydrogen-bond donors (Lipinski definition) is 3. The predicted octanol–water partition coefficient (Wildman–Crippen LogP) is 13.5. The number of nitrogens with zero attached hydrogens (tertiary/aromatic N) is 1. The number of likely N-dealkylation sites (N-methyl/N-ethyl adjacent to an activating group) is 1. The second-order valence-corrected chi connectivity index (χ2v) is 18.9. The SMILES string of the molecule is CCCCCCCCCCC/C=C\CCCCCCCC(=O)NC(COP(=O)(O)OCC[N+](C)(C)C)C(O)/C=C/CC/C=C/CCCCCCCCCCCCC. The van der Waals surface area contributed by atoms with Gasteiger partial charge in [-0.3, -0.25) is 13.8 Å². The average molecular weight is 826 g/mol. The molecule has 0 radical (unpaired) electrons. The van der Waals surface area contributed by atoms with E-state index in [4.69, 9.17) is 9.05 Å². The lowest BCUT2D eigenvalue weighted by atomic mass is 10.1. The summed E-state index contributed by atoms with van der Waals surface area (Å²) in [5.41, 5.74) is 0. The standard InChI is InChI=1S/C48H93N2O6P/c1-6-8-10-12-14-16-18-20-22-24-26-28-30-32-34-36-38-40-42-48(52)49-46(45-56-57(53,54)55-44-43-50(3,4)5)47(51)41-39-37-35-33-31-29-27-25-23-21-19-17-15-13-11-9-7-2/h26,28,31,33,39,41,46-47,51H,6-25,27,29-30,32,34-38,40,42-45H2,1-5H3,(H-,49,52,53,54)/p+1/b28-26-,33-31+,41-39+. The van der Waals surface area contributed by atoms with Gasteiger partial charge in [0.25, 0.3) is 0 Å². The first-order chi connectivity index (χ1) is 27.5. The number of unbranched alkanes of at least 4 members (excludes halogenated alkanes) is 26. The van der Waals surface area contributed by atoms with Crippen molar-refractivity contribution in [2.75, 3.05) is 40.9 Å². The first-order valence-electron chi connectivity index (χ1n) is 23.9. The summed E-state index contributed by atoms with van der Waals surface area (Å²) in [5, 5.41) is 13.8. The molecule has 0 saturated heterocycles. The molecule has 3 N–H and O–H groups in total. The summed E-state index contributed by atoms with van der Waals surface area (Å²) < 4.78 is 23.6. The molecule has 0 heterocycles. The summed E-state index contributed by atoms with van der Waals surface area (Å²) in [5.74, 6) is -0.195. The van der Waals surface area contributed by atoms with Crippen LogP contribution in [0.25, 0.3) is 0 Å². The van der Waals surface area contributed by atoms with E-state index < -0.39 is 20.0 Å². The lowest BCUT2D eigenvalue weighted by Crippen LogP contribution is -2.45. The molecule has 0 aromatic rings. The summed E-state index contributed by atoms with van der Waals surface area (Å²) in [6.07, 6.45) is 49.3. The molecule has 336 valence electrons. The van der Waals surface area contributed by atoms with Crippen LogP contribution in [0.1, 0.15) is 213 Å². The molecule has 9 heteroatoms. The van der Waals surface area contributed by atoms with Crippen LogP contribution < -0.4 is 5.32 Å². The highest BCUT2D eigenvalue weighted by Crippen LogP contribution is 2.43. The Labute approximate surface area is 353 Å². The Kier molecular flexibility index (Phi) is 39.2. The van der Waals surface area contributed by atoms with Crippen molar-refractivity contribution >= 4 is 13.7 Å². The van der Waals surface area contributed by atoms with Crippen molar-refractivity contribution in [2.24, 2.45) is 0 Å². The van der Waals surface area contributed by atoms with E-state index in [9.17, 15) is 19.4 Å². The third-order valence-electron chi connectivity index (χ3n) is 10.6. The molecular weight excluding hydrogens is 732 g/mol. The van der Waals surface area contributed by atoms with Crippen LogP contribution in [0.3, 0.4) is 0 Å². The molecule has 0 aromatic heterocycles. The molecule has 3 atom stereocenters. The van der Waals surface area contributed by atoms with Crippen LogP contribution in [0.4, 0.5) is 0 Å². The Morgan fingerprint density at radius 3 is 1.40 bits per heavy atom. The fourth-order valence-electron chi connectivity index (χ4n) is 6.76. The zero-order valence-corrected chi connectivity index (χ0v) is 39.0. The fraction of sp³-hybridized carbons (Fsp3) is 0.854. The van der Waals surface area contributed by atoms with Crippen LogP contribution in [0, 0.1) is 0 Å². The lowest BCUT2D eigenvalue weighted by molar-refractivity contribution is -0.870. The normalized spacial score (nSPS) is 14.6. The quantitative estimate of drug-likeness (QED) is 0.0245. The van der Waals surface area contributed by atoms with Gasteiger partial charge in [-0.05, 0) is 57.8 Å². The van der Waals surface area contributed by atoms with Crippen molar-refractivity contribution in [1.29, 1.82) is 0 Å². The molecule has 0 bridgehead atoms. The Balaban J connectivity index is 4.43. The number of nitrogens with one attached hydrogen (secondary N) is 1. The molecule has 1 amide bonds. The number of allylic oxidation sites excluding steroid dienone is 5. The fourth-order valence-corrected chi connectivity index (χ4v) is 7.49. The third-order valence-corrected chi connectivity index (χ3v) is 11.6. The summed E-state index contributed by atoms with van der Waals surface area (Å²) >= 11 is 0. The zero-order valence-electron chi connectivity index (χ0n) is 38.1. The maximum Gasteiger partial charge on any atom is 0.472 e. The number of aliphatic hydroxyl groups excluding tert-OH is 1. The number of amides is 1. The molecule has 0 rings (SSSR count). The van der Waals surface area contributed by atoms with Crippen molar-refractivity contribution in [1.82, 2.24) is 5.32 Å². The number of carbonyl (C=O) groups excluding carboxylic acids is 1. The summed E-state index contributed by atoms with van der Waals surface area (Å²) in [7, 11) is 1.55. The molecular formula is C48H94N2O6P+. The highest BCUT2D eigenvalue weighted by atomic mass is 31.2. The van der Waals surface area contributed by atoms with Crippen LogP contribution >= 0.6 is 7.82 Å². The van der Waals surface area contributed by atoms with E-state index in [2.05, 4.69) is 43.5 Å². The molecule has 8 nitrogen and oxygen atoms in total. The third kappa shape index (κ3) is 42.6. The molecule has 0 spiro atoms. The summed E-state index contributed by atoms with van der Waals surface area (Å²) in [6.45, 7) is 4.79. The van der Waals surface area contributed by atoms with Gasteiger partial charge in [0.1, 0.15) is 13.2 Å². The molecule has 0 aliphatic rings. The van der Waals surface area contributed by atoms with Crippen molar-refractivity contribution in [2.45, 2.75) is 225 Å². The molecule has 57 heavy (non-hydrogen) atoms. The summed E-state index contributed by atoms with van der Waals surface area (Å²) in [4.78, 5) is 23.1. The number of rotatable bonds is 43. The second kappa shape index (κ2) is 40.1. The number of phosphoric acid groups is 1. The number of aliphatic hydroxyl groups is 1. The number of phosphoric ester groups is 1. The highest BCUT2D eigenvalue weighted by molar-refractivity contribution is 7.47. The van der Waals surface area contributed by atoms with Gasteiger partial charge in [0, 0.05) is 6.42 Å². The Morgan fingerprint density at radius 2 is 0.965 bits per heavy atom. The number of hydrogen-bond acceptors (Lipinski definition) is 5. The second-order valence-electron chi connectivity index (χ2n) is 17.5. The maximum absolute atomic E-state index is 12.9. The van der Waals surface area contributed by atoms with Crippen LogP contribution in [0.5, 0.6) is 0 Å². The Hall–Kier alpha value is -1.28. The van der Waals surface area contributed by atoms with Gasteiger partial charge in [0.15, 0.2) is 0 Å². The molecule has 0 saturated carbocycles. The van der Waals surface area contributed by atoms with Crippen LogP contribution in [0.2, 0.25) is 0 Å². The van der Waals surface area contributed by atoms with E-state index in [1.54, 1.807) is 6.08 Å². The topological polar surface area (TPSA) is 105 Å². The van der Waals surface area contributed by atoms with Crippen molar-refractivity contribution in [3.8, 4) is 0 Å². The zero-order chi connectivity index (χ0) is 42.1. The van der Waals surface area contributed by atoms with E-state index in [1.807, 2.05) is 27.2 Å². The van der Waals surface area contributed by atoms with Crippen molar-refractivity contribution in [3.05, 3.63) is 36.5 Å². The van der Waals surface area contributed by atoms with E-state index in [1.165, 1.54) is 141 Å². The van der Waals surface area contributed by atoms with E-state index in [-0.39, 0.29) is 19.1 Å². The van der Waals surface area contributed by atoms with E-state index in [0.717, 1.165) is 51.4 Å². The Morgan fingerprint density at radius 1 is 0.579 bits per heavy atom.